The van der Waals surface area contributed by atoms with Crippen molar-refractivity contribution in [2.24, 2.45) is 0 Å². The summed E-state index contributed by atoms with van der Waals surface area (Å²) in [6.45, 7) is 1.12. The van der Waals surface area contributed by atoms with Gasteiger partial charge >= 0.3 is 12.1 Å². The molecular formula is C23H17F3O5. The van der Waals surface area contributed by atoms with Crippen LogP contribution in [-0.2, 0) is 12.8 Å². The zero-order valence-electron chi connectivity index (χ0n) is 16.2. The molecule has 160 valence electrons. The maximum atomic E-state index is 12.9. The van der Waals surface area contributed by atoms with Crippen LogP contribution in [0.4, 0.5) is 13.2 Å². The normalized spacial score (nSPS) is 11.2. The Morgan fingerprint density at radius 2 is 1.65 bits per heavy atom. The number of carbonyl (C=O) groups excluding carboxylic acids is 1. The van der Waals surface area contributed by atoms with Crippen LogP contribution < -0.4 is 4.74 Å². The van der Waals surface area contributed by atoms with E-state index < -0.39 is 29.0 Å². The molecule has 0 fully saturated rings. The summed E-state index contributed by atoms with van der Waals surface area (Å²) in [5.41, 5.74) is -0.176. The van der Waals surface area contributed by atoms with Crippen molar-refractivity contribution in [1.82, 2.24) is 0 Å². The minimum absolute atomic E-state index is 0.0594. The molecule has 0 aliphatic rings. The molecule has 0 bridgehead atoms. The molecule has 0 amide bonds. The number of rotatable bonds is 6. The van der Waals surface area contributed by atoms with Crippen molar-refractivity contribution in [3.8, 4) is 22.6 Å². The van der Waals surface area contributed by atoms with Gasteiger partial charge in [-0.2, -0.15) is 13.2 Å². The summed E-state index contributed by atoms with van der Waals surface area (Å²) in [7, 11) is 0. The number of Topliss-reactive ketones (excluding diaryl/α,β-unsaturated/α-hetero) is 1. The van der Waals surface area contributed by atoms with E-state index in [0.717, 1.165) is 17.2 Å². The Kier molecular flexibility index (Phi) is 6.01. The third kappa shape index (κ3) is 4.85. The van der Waals surface area contributed by atoms with Crippen LogP contribution in [0.1, 0.15) is 38.8 Å². The standard InChI is InChI=1S/C23H17F3O5/c1-13(27)15-3-2-4-16(11-15)14-5-8-18(9-6-14)31-12-17-7-10-19(23(24,25)26)21(28)20(17)22(29)30/h2-11,28H,12H2,1H3,(H,29,30). The van der Waals surface area contributed by atoms with Crippen LogP contribution in [0, 0.1) is 0 Å². The molecule has 0 unspecified atom stereocenters. The summed E-state index contributed by atoms with van der Waals surface area (Å²) < 4.78 is 44.3. The van der Waals surface area contributed by atoms with E-state index in [2.05, 4.69) is 0 Å². The van der Waals surface area contributed by atoms with Crippen molar-refractivity contribution in [3.05, 3.63) is 82.9 Å². The van der Waals surface area contributed by atoms with Gasteiger partial charge in [-0.25, -0.2) is 4.79 Å². The molecule has 0 heterocycles. The van der Waals surface area contributed by atoms with Gasteiger partial charge < -0.3 is 14.9 Å². The van der Waals surface area contributed by atoms with E-state index in [1.165, 1.54) is 6.92 Å². The van der Waals surface area contributed by atoms with Gasteiger partial charge in [0.25, 0.3) is 0 Å². The van der Waals surface area contributed by atoms with Crippen LogP contribution in [0.3, 0.4) is 0 Å². The third-order valence-corrected chi connectivity index (χ3v) is 4.63. The van der Waals surface area contributed by atoms with Gasteiger partial charge in [-0.3, -0.25) is 4.79 Å². The van der Waals surface area contributed by atoms with Gasteiger partial charge in [-0.05, 0) is 42.3 Å². The molecule has 0 aliphatic heterocycles. The van der Waals surface area contributed by atoms with Crippen molar-refractivity contribution in [2.75, 3.05) is 0 Å². The SMILES string of the molecule is CC(=O)c1cccc(-c2ccc(OCc3ccc(C(F)(F)F)c(O)c3C(=O)O)cc2)c1. The number of ether oxygens (including phenoxy) is 1. The van der Waals surface area contributed by atoms with Gasteiger partial charge in [0.2, 0.25) is 0 Å². The van der Waals surface area contributed by atoms with E-state index in [1.807, 2.05) is 6.07 Å². The molecule has 5 nitrogen and oxygen atoms in total. The van der Waals surface area contributed by atoms with E-state index in [9.17, 15) is 33.0 Å². The first-order valence-electron chi connectivity index (χ1n) is 9.07. The molecule has 2 N–H and O–H groups in total. The zero-order chi connectivity index (χ0) is 22.8. The summed E-state index contributed by atoms with van der Waals surface area (Å²) in [5.74, 6) is -2.75. The average molecular weight is 430 g/mol. The van der Waals surface area contributed by atoms with Gasteiger partial charge in [0.05, 0.1) is 5.56 Å². The van der Waals surface area contributed by atoms with Crippen LogP contribution in [-0.4, -0.2) is 22.0 Å². The molecule has 3 aromatic carbocycles. The van der Waals surface area contributed by atoms with Gasteiger partial charge in [0.1, 0.15) is 23.7 Å². The third-order valence-electron chi connectivity index (χ3n) is 4.63. The Balaban J connectivity index is 1.81. The minimum atomic E-state index is -4.89. The number of carboxylic acids is 1. The Hall–Kier alpha value is -3.81. The predicted octanol–water partition coefficient (Wildman–Crippen LogP) is 5.56. The highest BCUT2D eigenvalue weighted by molar-refractivity contribution is 5.95. The lowest BCUT2D eigenvalue weighted by Crippen LogP contribution is -2.12. The number of aromatic hydroxyl groups is 1. The highest BCUT2D eigenvalue weighted by atomic mass is 19.4. The Morgan fingerprint density at radius 1 is 0.968 bits per heavy atom. The fourth-order valence-corrected chi connectivity index (χ4v) is 3.04. The quantitative estimate of drug-likeness (QED) is 0.501. The van der Waals surface area contributed by atoms with E-state index in [1.54, 1.807) is 42.5 Å². The molecule has 0 radical (unpaired) electrons. The number of phenols is 1. The maximum absolute atomic E-state index is 12.9. The second-order valence-electron chi connectivity index (χ2n) is 6.75. The number of carboxylic acid groups (broad SMARTS) is 1. The number of ketones is 1. The lowest BCUT2D eigenvalue weighted by molar-refractivity contribution is -0.138. The van der Waals surface area contributed by atoms with E-state index in [0.29, 0.717) is 17.4 Å². The van der Waals surface area contributed by atoms with Crippen molar-refractivity contribution >= 4 is 11.8 Å². The number of carbonyl (C=O) groups is 2. The molecule has 0 saturated carbocycles. The molecule has 8 heteroatoms. The monoisotopic (exact) mass is 430 g/mol. The zero-order valence-corrected chi connectivity index (χ0v) is 16.2. The molecule has 3 aromatic rings. The first-order valence-corrected chi connectivity index (χ1v) is 9.07. The smallest absolute Gasteiger partial charge is 0.419 e. The largest absolute Gasteiger partial charge is 0.506 e. The van der Waals surface area contributed by atoms with E-state index >= 15 is 0 Å². The number of benzene rings is 3. The minimum Gasteiger partial charge on any atom is -0.506 e. The molecule has 31 heavy (non-hydrogen) atoms. The molecule has 3 rings (SSSR count). The summed E-state index contributed by atoms with van der Waals surface area (Å²) in [5, 5.41) is 19.1. The summed E-state index contributed by atoms with van der Waals surface area (Å²) in [4.78, 5) is 22.9. The Labute approximate surface area is 175 Å². The molecular weight excluding hydrogens is 413 g/mol. The fraction of sp³-hybridized carbons (Fsp3) is 0.130. The van der Waals surface area contributed by atoms with E-state index in [-0.39, 0.29) is 18.0 Å². The first kappa shape index (κ1) is 21.9. The lowest BCUT2D eigenvalue weighted by Gasteiger charge is -2.15. The van der Waals surface area contributed by atoms with Gasteiger partial charge in [-0.15, -0.1) is 0 Å². The van der Waals surface area contributed by atoms with Crippen LogP contribution in [0.25, 0.3) is 11.1 Å². The highest BCUT2D eigenvalue weighted by Gasteiger charge is 2.36. The number of alkyl halides is 3. The molecule has 0 atom stereocenters. The van der Waals surface area contributed by atoms with Crippen LogP contribution >= 0.6 is 0 Å². The first-order chi connectivity index (χ1) is 14.6. The average Bonchev–Trinajstić information content (AvgIpc) is 2.71. The molecule has 0 spiro atoms. The molecule has 0 saturated heterocycles. The van der Waals surface area contributed by atoms with Gasteiger partial charge in [-0.1, -0.05) is 36.4 Å². The second kappa shape index (κ2) is 8.51. The maximum Gasteiger partial charge on any atom is 0.419 e. The summed E-state index contributed by atoms with van der Waals surface area (Å²) in [6.07, 6.45) is -4.89. The number of hydrogen-bond acceptors (Lipinski definition) is 4. The second-order valence-corrected chi connectivity index (χ2v) is 6.75. The summed E-state index contributed by atoms with van der Waals surface area (Å²) in [6, 6.07) is 15.3. The van der Waals surface area contributed by atoms with Crippen molar-refractivity contribution in [3.63, 3.8) is 0 Å². The van der Waals surface area contributed by atoms with Crippen molar-refractivity contribution in [2.45, 2.75) is 19.7 Å². The number of aromatic carboxylic acids is 1. The fourth-order valence-electron chi connectivity index (χ4n) is 3.04. The Bertz CT molecular complexity index is 1130. The number of hydrogen-bond donors (Lipinski definition) is 2. The highest BCUT2D eigenvalue weighted by Crippen LogP contribution is 2.39. The summed E-state index contributed by atoms with van der Waals surface area (Å²) >= 11 is 0. The van der Waals surface area contributed by atoms with E-state index in [4.69, 9.17) is 4.74 Å². The Morgan fingerprint density at radius 3 is 2.23 bits per heavy atom. The van der Waals surface area contributed by atoms with Gasteiger partial charge in [0.15, 0.2) is 5.78 Å². The van der Waals surface area contributed by atoms with Crippen LogP contribution in [0.15, 0.2) is 60.7 Å². The van der Waals surface area contributed by atoms with Crippen LogP contribution in [0.5, 0.6) is 11.5 Å². The topological polar surface area (TPSA) is 83.8 Å². The van der Waals surface area contributed by atoms with Crippen molar-refractivity contribution < 1.29 is 37.7 Å². The van der Waals surface area contributed by atoms with Crippen molar-refractivity contribution in [1.29, 1.82) is 0 Å². The van der Waals surface area contributed by atoms with Crippen LogP contribution in [0.2, 0.25) is 0 Å². The molecule has 0 aliphatic carbocycles. The number of halogens is 3. The van der Waals surface area contributed by atoms with Gasteiger partial charge in [0, 0.05) is 11.1 Å². The lowest BCUT2D eigenvalue weighted by atomic mass is 10.0. The predicted molar refractivity (Wildman–Crippen MR) is 106 cm³/mol. The molecule has 0 aromatic heterocycles.